The normalized spacial score (nSPS) is 17.2. The van der Waals surface area contributed by atoms with Crippen molar-refractivity contribution in [3.05, 3.63) is 76.6 Å². The van der Waals surface area contributed by atoms with Crippen LogP contribution in [0.4, 0.5) is 5.69 Å². The van der Waals surface area contributed by atoms with Crippen molar-refractivity contribution in [2.75, 3.05) is 18.1 Å². The lowest BCUT2D eigenvalue weighted by Crippen LogP contribution is -2.23. The first-order chi connectivity index (χ1) is 12.2. The summed E-state index contributed by atoms with van der Waals surface area (Å²) in [4.78, 5) is 2.22. The second kappa shape index (κ2) is 6.86. The molecule has 3 aromatic rings. The molecule has 1 aliphatic heterocycles. The first-order valence-electron chi connectivity index (χ1n) is 8.28. The number of ether oxygens (including phenoxy) is 1. The van der Waals surface area contributed by atoms with E-state index in [1.165, 1.54) is 5.56 Å². The average molecular weight is 355 g/mol. The minimum atomic E-state index is -0.198. The molecule has 25 heavy (non-hydrogen) atoms. The highest BCUT2D eigenvalue weighted by atomic mass is 35.5. The molecule has 2 heterocycles. The molecule has 0 radical (unpaired) electrons. The first kappa shape index (κ1) is 16.1. The third-order valence-electron chi connectivity index (χ3n) is 4.30. The van der Waals surface area contributed by atoms with Crippen LogP contribution < -0.4 is 4.90 Å². The minimum Gasteiger partial charge on any atom is -0.350 e. The summed E-state index contributed by atoms with van der Waals surface area (Å²) < 4.78 is 7.72. The van der Waals surface area contributed by atoms with Crippen LogP contribution in [0.25, 0.3) is 0 Å². The Morgan fingerprint density at radius 1 is 1.20 bits per heavy atom. The maximum atomic E-state index is 6.05. The number of hydrogen-bond acceptors (Lipinski definition) is 4. The van der Waals surface area contributed by atoms with E-state index in [2.05, 4.69) is 46.4 Å². The van der Waals surface area contributed by atoms with Crippen molar-refractivity contribution in [3.63, 3.8) is 0 Å². The maximum Gasteiger partial charge on any atom is 0.177 e. The highest BCUT2D eigenvalue weighted by molar-refractivity contribution is 6.30. The van der Waals surface area contributed by atoms with Crippen LogP contribution in [-0.4, -0.2) is 28.1 Å². The largest absolute Gasteiger partial charge is 0.350 e. The monoisotopic (exact) mass is 354 g/mol. The van der Waals surface area contributed by atoms with Crippen LogP contribution >= 0.6 is 11.6 Å². The highest BCUT2D eigenvalue weighted by Crippen LogP contribution is 2.31. The summed E-state index contributed by atoms with van der Waals surface area (Å²) >= 11 is 6.05. The van der Waals surface area contributed by atoms with Gasteiger partial charge in [0.2, 0.25) is 0 Å². The molecule has 1 aliphatic rings. The summed E-state index contributed by atoms with van der Waals surface area (Å²) in [6, 6.07) is 16.2. The fraction of sp³-hybridized carbons (Fsp3) is 0.263. The molecule has 0 unspecified atom stereocenters. The van der Waals surface area contributed by atoms with E-state index in [4.69, 9.17) is 16.3 Å². The van der Waals surface area contributed by atoms with Gasteiger partial charge >= 0.3 is 0 Å². The smallest absolute Gasteiger partial charge is 0.177 e. The number of aromatic nitrogens is 3. The summed E-state index contributed by atoms with van der Waals surface area (Å²) in [5, 5.41) is 9.29. The standard InChI is InChI=1S/C19H19ClN4O/c1-14-5-7-17(8-6-14)24-9-10-25-19(24)18-13-23(22-21-18)12-15-3-2-4-16(20)11-15/h2-8,11,13,19H,9-10,12H2,1H3/t19-/m0/s1. The molecule has 0 aliphatic carbocycles. The van der Waals surface area contributed by atoms with E-state index in [-0.39, 0.29) is 6.23 Å². The number of benzene rings is 2. The zero-order valence-electron chi connectivity index (χ0n) is 14.0. The van der Waals surface area contributed by atoms with E-state index in [1.807, 2.05) is 35.1 Å². The zero-order valence-corrected chi connectivity index (χ0v) is 14.7. The van der Waals surface area contributed by atoms with Gasteiger partial charge in [0.1, 0.15) is 5.69 Å². The predicted octanol–water partition coefficient (Wildman–Crippen LogP) is 3.82. The molecule has 4 rings (SSSR count). The molecule has 0 amide bonds. The Morgan fingerprint density at radius 2 is 2.04 bits per heavy atom. The van der Waals surface area contributed by atoms with Gasteiger partial charge in [-0.1, -0.05) is 46.6 Å². The molecule has 0 N–H and O–H groups in total. The number of anilines is 1. The van der Waals surface area contributed by atoms with Crippen LogP contribution in [0.2, 0.25) is 5.02 Å². The van der Waals surface area contributed by atoms with Gasteiger partial charge in [-0.2, -0.15) is 0 Å². The van der Waals surface area contributed by atoms with Crippen molar-refractivity contribution in [1.29, 1.82) is 0 Å². The fourth-order valence-corrected chi connectivity index (χ4v) is 3.25. The molecule has 1 atom stereocenters. The number of aryl methyl sites for hydroxylation is 1. The van der Waals surface area contributed by atoms with Gasteiger partial charge in [0.25, 0.3) is 0 Å². The van der Waals surface area contributed by atoms with Gasteiger partial charge in [0.15, 0.2) is 6.23 Å². The van der Waals surface area contributed by atoms with E-state index in [1.54, 1.807) is 0 Å². The van der Waals surface area contributed by atoms with Crippen molar-refractivity contribution < 1.29 is 4.74 Å². The number of halogens is 1. The van der Waals surface area contributed by atoms with E-state index >= 15 is 0 Å². The number of hydrogen-bond donors (Lipinski definition) is 0. The molecule has 5 nitrogen and oxygen atoms in total. The van der Waals surface area contributed by atoms with Crippen LogP contribution in [0, 0.1) is 6.92 Å². The van der Waals surface area contributed by atoms with Gasteiger partial charge in [-0.15, -0.1) is 5.10 Å². The van der Waals surface area contributed by atoms with E-state index in [0.29, 0.717) is 13.2 Å². The third-order valence-corrected chi connectivity index (χ3v) is 4.53. The van der Waals surface area contributed by atoms with Gasteiger partial charge in [-0.25, -0.2) is 4.68 Å². The van der Waals surface area contributed by atoms with Gasteiger partial charge in [0, 0.05) is 17.3 Å². The van der Waals surface area contributed by atoms with Crippen molar-refractivity contribution >= 4 is 17.3 Å². The van der Waals surface area contributed by atoms with Crippen molar-refractivity contribution in [2.24, 2.45) is 0 Å². The molecule has 128 valence electrons. The average Bonchev–Trinajstić information content (AvgIpc) is 3.24. The van der Waals surface area contributed by atoms with Gasteiger partial charge in [0.05, 0.1) is 19.3 Å². The number of nitrogens with zero attached hydrogens (tertiary/aromatic N) is 4. The van der Waals surface area contributed by atoms with Crippen LogP contribution in [-0.2, 0) is 11.3 Å². The molecule has 6 heteroatoms. The highest BCUT2D eigenvalue weighted by Gasteiger charge is 2.29. The lowest BCUT2D eigenvalue weighted by Gasteiger charge is -2.23. The molecule has 1 aromatic heterocycles. The van der Waals surface area contributed by atoms with Gasteiger partial charge in [-0.3, -0.25) is 0 Å². The molecular weight excluding hydrogens is 336 g/mol. The molecule has 0 saturated carbocycles. The van der Waals surface area contributed by atoms with E-state index in [9.17, 15) is 0 Å². The summed E-state index contributed by atoms with van der Waals surface area (Å²) in [7, 11) is 0. The van der Waals surface area contributed by atoms with E-state index in [0.717, 1.165) is 28.5 Å². The Labute approximate surface area is 151 Å². The quantitative estimate of drug-likeness (QED) is 0.714. The molecule has 0 bridgehead atoms. The molecular formula is C19H19ClN4O. The maximum absolute atomic E-state index is 6.05. The predicted molar refractivity (Wildman–Crippen MR) is 97.8 cm³/mol. The van der Waals surface area contributed by atoms with Crippen LogP contribution in [0.5, 0.6) is 0 Å². The Bertz CT molecular complexity index is 862. The Kier molecular flexibility index (Phi) is 4.42. The van der Waals surface area contributed by atoms with Gasteiger partial charge < -0.3 is 9.64 Å². The topological polar surface area (TPSA) is 43.2 Å². The van der Waals surface area contributed by atoms with E-state index < -0.39 is 0 Å². The first-order valence-corrected chi connectivity index (χ1v) is 8.66. The molecule has 1 fully saturated rings. The van der Waals surface area contributed by atoms with Crippen molar-refractivity contribution in [1.82, 2.24) is 15.0 Å². The zero-order chi connectivity index (χ0) is 17.2. The second-order valence-corrected chi connectivity index (χ2v) is 6.66. The third kappa shape index (κ3) is 3.52. The van der Waals surface area contributed by atoms with Crippen LogP contribution in [0.3, 0.4) is 0 Å². The fourth-order valence-electron chi connectivity index (χ4n) is 3.04. The summed E-state index contributed by atoms with van der Waals surface area (Å²) in [5.74, 6) is 0. The molecule has 2 aromatic carbocycles. The summed E-state index contributed by atoms with van der Waals surface area (Å²) in [6.07, 6.45) is 1.74. The van der Waals surface area contributed by atoms with Crippen molar-refractivity contribution in [2.45, 2.75) is 19.7 Å². The van der Waals surface area contributed by atoms with Crippen LogP contribution in [0.15, 0.2) is 54.7 Å². The Hall–Kier alpha value is -2.37. The summed E-state index contributed by atoms with van der Waals surface area (Å²) in [6.45, 7) is 4.24. The lowest BCUT2D eigenvalue weighted by molar-refractivity contribution is 0.110. The second-order valence-electron chi connectivity index (χ2n) is 6.22. The minimum absolute atomic E-state index is 0.198. The van der Waals surface area contributed by atoms with Crippen molar-refractivity contribution in [3.8, 4) is 0 Å². The molecule has 0 spiro atoms. The van der Waals surface area contributed by atoms with Crippen LogP contribution in [0.1, 0.15) is 23.0 Å². The Balaban J connectivity index is 1.53. The SMILES string of the molecule is Cc1ccc(N2CCO[C@H]2c2cn(Cc3cccc(Cl)c3)nn2)cc1. The summed E-state index contributed by atoms with van der Waals surface area (Å²) in [5.41, 5.74) is 4.29. The van der Waals surface area contributed by atoms with Gasteiger partial charge in [-0.05, 0) is 36.8 Å². The lowest BCUT2D eigenvalue weighted by atomic mass is 10.2. The molecule has 1 saturated heterocycles. The Morgan fingerprint density at radius 3 is 2.84 bits per heavy atom. The number of rotatable bonds is 4.